The van der Waals surface area contributed by atoms with Gasteiger partial charge in [0.25, 0.3) is 0 Å². The summed E-state index contributed by atoms with van der Waals surface area (Å²) in [6.45, 7) is 2.60. The third-order valence-corrected chi connectivity index (χ3v) is 4.61. The molecule has 0 bridgehead atoms. The van der Waals surface area contributed by atoms with Crippen molar-refractivity contribution in [3.05, 3.63) is 47.7 Å². The molecule has 0 saturated carbocycles. The minimum atomic E-state index is -1.22. The topological polar surface area (TPSA) is 90.3 Å². The number of aliphatic carboxylic acids is 1. The van der Waals surface area contributed by atoms with Crippen LogP contribution < -0.4 is 0 Å². The maximum absolute atomic E-state index is 11.2. The molecule has 2 N–H and O–H groups in total. The SMILES string of the molecule is O=C(O)C1CC(OC2=CCN(Cc3ccccc3)CC2)CN1C(=O)O. The van der Waals surface area contributed by atoms with Crippen molar-refractivity contribution in [2.75, 3.05) is 19.6 Å². The summed E-state index contributed by atoms with van der Waals surface area (Å²) in [5.41, 5.74) is 1.26. The second kappa shape index (κ2) is 7.57. The van der Waals surface area contributed by atoms with E-state index in [-0.39, 0.29) is 13.0 Å². The van der Waals surface area contributed by atoms with Gasteiger partial charge in [0.05, 0.1) is 12.3 Å². The van der Waals surface area contributed by atoms with E-state index in [9.17, 15) is 9.59 Å². The largest absolute Gasteiger partial charge is 0.493 e. The van der Waals surface area contributed by atoms with Gasteiger partial charge < -0.3 is 14.9 Å². The number of ether oxygens (including phenoxy) is 1. The molecule has 1 saturated heterocycles. The van der Waals surface area contributed by atoms with Gasteiger partial charge in [-0.1, -0.05) is 30.3 Å². The quantitative estimate of drug-likeness (QED) is 0.847. The molecule has 1 aromatic carbocycles. The molecule has 0 radical (unpaired) electrons. The lowest BCUT2D eigenvalue weighted by molar-refractivity contribution is -0.141. The highest BCUT2D eigenvalue weighted by Gasteiger charge is 2.41. The molecule has 2 aliphatic heterocycles. The van der Waals surface area contributed by atoms with Crippen molar-refractivity contribution in [2.24, 2.45) is 0 Å². The van der Waals surface area contributed by atoms with Crippen LogP contribution in [0.4, 0.5) is 4.79 Å². The number of carbonyl (C=O) groups is 2. The molecule has 2 heterocycles. The fraction of sp³-hybridized carbons (Fsp3) is 0.444. The summed E-state index contributed by atoms with van der Waals surface area (Å²) in [7, 11) is 0. The number of carboxylic acids is 1. The third-order valence-electron chi connectivity index (χ3n) is 4.61. The lowest BCUT2D eigenvalue weighted by atomic mass is 10.1. The zero-order valence-corrected chi connectivity index (χ0v) is 13.9. The molecule has 0 aromatic heterocycles. The van der Waals surface area contributed by atoms with Crippen LogP contribution in [0, 0.1) is 0 Å². The summed E-state index contributed by atoms with van der Waals surface area (Å²) >= 11 is 0. The highest BCUT2D eigenvalue weighted by Crippen LogP contribution is 2.25. The Balaban J connectivity index is 1.53. The van der Waals surface area contributed by atoms with Crippen molar-refractivity contribution >= 4 is 12.1 Å². The van der Waals surface area contributed by atoms with E-state index in [2.05, 4.69) is 17.0 Å². The monoisotopic (exact) mass is 346 g/mol. The zero-order valence-electron chi connectivity index (χ0n) is 13.9. The first-order valence-electron chi connectivity index (χ1n) is 8.37. The molecule has 134 valence electrons. The number of nitrogens with zero attached hydrogens (tertiary/aromatic N) is 2. The van der Waals surface area contributed by atoms with Crippen LogP contribution in [0.5, 0.6) is 0 Å². The predicted molar refractivity (Wildman–Crippen MR) is 90.1 cm³/mol. The summed E-state index contributed by atoms with van der Waals surface area (Å²) in [4.78, 5) is 25.6. The molecular weight excluding hydrogens is 324 g/mol. The Morgan fingerprint density at radius 3 is 2.52 bits per heavy atom. The molecule has 1 aromatic rings. The van der Waals surface area contributed by atoms with E-state index in [0.29, 0.717) is 0 Å². The number of likely N-dealkylation sites (tertiary alicyclic amines) is 1. The van der Waals surface area contributed by atoms with Crippen molar-refractivity contribution < 1.29 is 24.5 Å². The van der Waals surface area contributed by atoms with Crippen LogP contribution in [-0.4, -0.2) is 63.9 Å². The highest BCUT2D eigenvalue weighted by atomic mass is 16.5. The van der Waals surface area contributed by atoms with Crippen molar-refractivity contribution in [3.8, 4) is 0 Å². The van der Waals surface area contributed by atoms with Gasteiger partial charge >= 0.3 is 12.1 Å². The summed E-state index contributed by atoms with van der Waals surface area (Å²) in [6, 6.07) is 9.22. The van der Waals surface area contributed by atoms with Gasteiger partial charge in [0.1, 0.15) is 12.1 Å². The Kier molecular flexibility index (Phi) is 5.23. The lowest BCUT2D eigenvalue weighted by Gasteiger charge is -2.27. The molecule has 1 fully saturated rings. The summed E-state index contributed by atoms with van der Waals surface area (Å²) in [5.74, 6) is -0.300. The van der Waals surface area contributed by atoms with E-state index in [1.807, 2.05) is 24.3 Å². The van der Waals surface area contributed by atoms with Crippen molar-refractivity contribution in [1.82, 2.24) is 9.80 Å². The molecule has 1 amide bonds. The van der Waals surface area contributed by atoms with Crippen molar-refractivity contribution in [3.63, 3.8) is 0 Å². The standard InChI is InChI=1S/C18H22N2O5/c21-17(22)16-10-15(12-20(16)18(23)24)25-14-6-8-19(9-7-14)11-13-4-2-1-3-5-13/h1-6,15-16H,7-12H2,(H,21,22)(H,23,24). The molecule has 0 spiro atoms. The number of benzene rings is 1. The first-order chi connectivity index (χ1) is 12.0. The number of hydrogen-bond donors (Lipinski definition) is 2. The van der Waals surface area contributed by atoms with Gasteiger partial charge in [0.2, 0.25) is 0 Å². The zero-order chi connectivity index (χ0) is 17.8. The molecule has 2 atom stereocenters. The number of rotatable bonds is 5. The van der Waals surface area contributed by atoms with Gasteiger partial charge in [-0.25, -0.2) is 9.59 Å². The van der Waals surface area contributed by atoms with E-state index in [1.54, 1.807) is 0 Å². The number of hydrogen-bond acceptors (Lipinski definition) is 4. The average molecular weight is 346 g/mol. The first-order valence-corrected chi connectivity index (χ1v) is 8.37. The Morgan fingerprint density at radius 2 is 1.96 bits per heavy atom. The maximum atomic E-state index is 11.2. The molecule has 25 heavy (non-hydrogen) atoms. The number of carboxylic acid groups (broad SMARTS) is 2. The second-order valence-corrected chi connectivity index (χ2v) is 6.41. The van der Waals surface area contributed by atoms with E-state index in [1.165, 1.54) is 5.56 Å². The van der Waals surface area contributed by atoms with E-state index in [4.69, 9.17) is 14.9 Å². The molecule has 3 rings (SSSR count). The number of amides is 1. The van der Waals surface area contributed by atoms with Crippen molar-refractivity contribution in [1.29, 1.82) is 0 Å². The van der Waals surface area contributed by atoms with Gasteiger partial charge in [0, 0.05) is 32.5 Å². The molecule has 2 aliphatic rings. The molecular formula is C18H22N2O5. The van der Waals surface area contributed by atoms with Gasteiger partial charge in [0.15, 0.2) is 0 Å². The second-order valence-electron chi connectivity index (χ2n) is 6.41. The molecule has 2 unspecified atom stereocenters. The van der Waals surface area contributed by atoms with Gasteiger partial charge in [-0.05, 0) is 11.6 Å². The Hall–Kier alpha value is -2.54. The smallest absolute Gasteiger partial charge is 0.408 e. The van der Waals surface area contributed by atoms with E-state index in [0.717, 1.165) is 36.7 Å². The van der Waals surface area contributed by atoms with Crippen LogP contribution in [-0.2, 0) is 16.1 Å². The van der Waals surface area contributed by atoms with Crippen LogP contribution in [0.3, 0.4) is 0 Å². The van der Waals surface area contributed by atoms with Gasteiger partial charge in [-0.2, -0.15) is 0 Å². The maximum Gasteiger partial charge on any atom is 0.408 e. The minimum absolute atomic E-state index is 0.0946. The lowest BCUT2D eigenvalue weighted by Crippen LogP contribution is -2.39. The first kappa shape index (κ1) is 17.3. The predicted octanol–water partition coefficient (Wildman–Crippen LogP) is 2.00. The van der Waals surface area contributed by atoms with Crippen molar-refractivity contribution in [2.45, 2.75) is 31.5 Å². The Morgan fingerprint density at radius 1 is 1.20 bits per heavy atom. The summed E-state index contributed by atoms with van der Waals surface area (Å²) in [5, 5.41) is 18.3. The summed E-state index contributed by atoms with van der Waals surface area (Å²) < 4.78 is 5.88. The van der Waals surface area contributed by atoms with Crippen LogP contribution in [0.15, 0.2) is 42.2 Å². The molecule has 7 nitrogen and oxygen atoms in total. The molecule has 0 aliphatic carbocycles. The fourth-order valence-corrected chi connectivity index (χ4v) is 3.33. The summed E-state index contributed by atoms with van der Waals surface area (Å²) in [6.07, 6.45) is 1.32. The van der Waals surface area contributed by atoms with Crippen LogP contribution in [0.25, 0.3) is 0 Å². The van der Waals surface area contributed by atoms with Gasteiger partial charge in [-0.15, -0.1) is 0 Å². The third kappa shape index (κ3) is 4.30. The molecule has 7 heteroatoms. The van der Waals surface area contributed by atoms with E-state index < -0.39 is 24.2 Å². The van der Waals surface area contributed by atoms with Crippen LogP contribution >= 0.6 is 0 Å². The average Bonchev–Trinajstić information content (AvgIpc) is 3.02. The Labute approximate surface area is 146 Å². The Bertz CT molecular complexity index is 639. The normalized spacial score (nSPS) is 24.0. The van der Waals surface area contributed by atoms with E-state index >= 15 is 0 Å². The fourth-order valence-electron chi connectivity index (χ4n) is 3.33. The minimum Gasteiger partial charge on any atom is -0.493 e. The van der Waals surface area contributed by atoms with Crippen LogP contribution in [0.2, 0.25) is 0 Å². The van der Waals surface area contributed by atoms with Gasteiger partial charge in [-0.3, -0.25) is 9.80 Å². The van der Waals surface area contributed by atoms with Crippen LogP contribution in [0.1, 0.15) is 18.4 Å². The highest BCUT2D eigenvalue weighted by molar-refractivity contribution is 5.80.